The van der Waals surface area contributed by atoms with Crippen molar-refractivity contribution in [1.82, 2.24) is 4.72 Å². The van der Waals surface area contributed by atoms with Crippen LogP contribution in [-0.2, 0) is 24.3 Å². The number of nitrogens with two attached hydrogens (primary N) is 1. The Labute approximate surface area is 99.7 Å². The first-order valence-electron chi connectivity index (χ1n) is 5.38. The summed E-state index contributed by atoms with van der Waals surface area (Å²) in [6.45, 7) is 0.609. The van der Waals surface area contributed by atoms with Gasteiger partial charge in [-0.05, 0) is 6.42 Å². The Bertz CT molecular complexity index is 410. The van der Waals surface area contributed by atoms with E-state index in [9.17, 15) is 13.2 Å². The molecule has 0 bridgehead atoms. The summed E-state index contributed by atoms with van der Waals surface area (Å²) in [7, 11) is -2.57. The minimum atomic E-state index is -3.71. The zero-order chi connectivity index (χ0) is 12.6. The minimum absolute atomic E-state index is 0.155. The Morgan fingerprint density at radius 2 is 2.29 bits per heavy atom. The number of nitrogens with one attached hydrogen (secondary N) is 1. The van der Waals surface area contributed by atoms with Crippen molar-refractivity contribution in [3.63, 3.8) is 0 Å². The molecule has 17 heavy (non-hydrogen) atoms. The molecular weight excluding hydrogens is 248 g/mol. The number of hydrogen-bond acceptors (Lipinski definition) is 6. The number of fused-ring (bicyclic) bond motifs is 1. The number of methoxy groups -OCH3 is 1. The van der Waals surface area contributed by atoms with Crippen molar-refractivity contribution >= 4 is 16.0 Å². The summed E-state index contributed by atoms with van der Waals surface area (Å²) in [4.78, 5) is 10.9. The predicted molar refractivity (Wildman–Crippen MR) is 58.5 cm³/mol. The molecule has 0 radical (unpaired) electrons. The molecule has 0 aromatic rings. The maximum atomic E-state index is 11.6. The van der Waals surface area contributed by atoms with E-state index in [1.165, 1.54) is 0 Å². The third-order valence-corrected chi connectivity index (χ3v) is 4.54. The molecule has 0 aromatic heterocycles. The van der Waals surface area contributed by atoms with Crippen LogP contribution in [0.1, 0.15) is 6.42 Å². The SMILES string of the molecule is COC(=O)CS(=O)(=O)NC1C(N)C2CCOC21. The van der Waals surface area contributed by atoms with Crippen molar-refractivity contribution in [2.45, 2.75) is 24.6 Å². The third kappa shape index (κ3) is 2.44. The van der Waals surface area contributed by atoms with Gasteiger partial charge >= 0.3 is 5.97 Å². The highest BCUT2D eigenvalue weighted by atomic mass is 32.2. The fraction of sp³-hybridized carbons (Fsp3) is 0.889. The van der Waals surface area contributed by atoms with Crippen LogP contribution in [0.3, 0.4) is 0 Å². The summed E-state index contributed by atoms with van der Waals surface area (Å²) >= 11 is 0. The van der Waals surface area contributed by atoms with Crippen molar-refractivity contribution in [1.29, 1.82) is 0 Å². The van der Waals surface area contributed by atoms with E-state index in [0.717, 1.165) is 13.5 Å². The van der Waals surface area contributed by atoms with Crippen LogP contribution < -0.4 is 10.5 Å². The summed E-state index contributed by atoms with van der Waals surface area (Å²) < 4.78 is 35.3. The summed E-state index contributed by atoms with van der Waals surface area (Å²) in [6.07, 6.45) is 0.707. The highest BCUT2D eigenvalue weighted by Crippen LogP contribution is 2.37. The number of carbonyl (C=O) groups excluding carboxylic acids is 1. The van der Waals surface area contributed by atoms with Crippen LogP contribution in [0.15, 0.2) is 0 Å². The minimum Gasteiger partial charge on any atom is -0.468 e. The molecule has 0 aromatic carbocycles. The number of hydrogen-bond donors (Lipinski definition) is 2. The lowest BCUT2D eigenvalue weighted by atomic mass is 9.73. The van der Waals surface area contributed by atoms with Gasteiger partial charge in [-0.15, -0.1) is 0 Å². The van der Waals surface area contributed by atoms with Crippen LogP contribution in [0.25, 0.3) is 0 Å². The quantitative estimate of drug-likeness (QED) is 0.580. The largest absolute Gasteiger partial charge is 0.468 e. The fourth-order valence-corrected chi connectivity index (χ4v) is 3.58. The van der Waals surface area contributed by atoms with Gasteiger partial charge in [-0.25, -0.2) is 13.1 Å². The van der Waals surface area contributed by atoms with Crippen LogP contribution in [0.5, 0.6) is 0 Å². The average Bonchev–Trinajstić information content (AvgIpc) is 2.70. The first-order valence-corrected chi connectivity index (χ1v) is 7.04. The zero-order valence-corrected chi connectivity index (χ0v) is 10.3. The lowest BCUT2D eigenvalue weighted by molar-refractivity contribution is -0.137. The maximum absolute atomic E-state index is 11.6. The zero-order valence-electron chi connectivity index (χ0n) is 9.46. The molecule has 2 aliphatic rings. The predicted octanol–water partition coefficient (Wildman–Crippen LogP) is -1.81. The molecule has 3 N–H and O–H groups in total. The molecule has 4 unspecified atom stereocenters. The molecule has 1 saturated carbocycles. The van der Waals surface area contributed by atoms with E-state index < -0.39 is 27.8 Å². The Balaban J connectivity index is 1.95. The second-order valence-corrected chi connectivity index (χ2v) is 6.10. The van der Waals surface area contributed by atoms with E-state index in [0.29, 0.717) is 6.61 Å². The van der Waals surface area contributed by atoms with E-state index in [2.05, 4.69) is 9.46 Å². The molecule has 7 nitrogen and oxygen atoms in total. The van der Waals surface area contributed by atoms with Gasteiger partial charge in [0.2, 0.25) is 10.0 Å². The standard InChI is InChI=1S/C9H16N2O5S/c1-15-6(12)4-17(13,14)11-8-7(10)5-2-3-16-9(5)8/h5,7-9,11H,2-4,10H2,1H3. The molecule has 8 heteroatoms. The highest BCUT2D eigenvalue weighted by Gasteiger charge is 2.53. The lowest BCUT2D eigenvalue weighted by Gasteiger charge is -2.45. The smallest absolute Gasteiger partial charge is 0.322 e. The van der Waals surface area contributed by atoms with Crippen LogP contribution in [0, 0.1) is 5.92 Å². The van der Waals surface area contributed by atoms with E-state index in [4.69, 9.17) is 10.5 Å². The average molecular weight is 264 g/mol. The maximum Gasteiger partial charge on any atom is 0.322 e. The summed E-state index contributed by atoms with van der Waals surface area (Å²) in [5.41, 5.74) is 5.86. The van der Waals surface area contributed by atoms with Gasteiger partial charge in [-0.1, -0.05) is 0 Å². The van der Waals surface area contributed by atoms with E-state index in [1.54, 1.807) is 0 Å². The Morgan fingerprint density at radius 3 is 2.94 bits per heavy atom. The fourth-order valence-electron chi connectivity index (χ4n) is 2.36. The lowest BCUT2D eigenvalue weighted by Crippen LogP contribution is -2.69. The monoisotopic (exact) mass is 264 g/mol. The Morgan fingerprint density at radius 1 is 1.59 bits per heavy atom. The van der Waals surface area contributed by atoms with E-state index >= 15 is 0 Å². The number of esters is 1. The topological polar surface area (TPSA) is 108 Å². The van der Waals surface area contributed by atoms with Gasteiger partial charge in [0.25, 0.3) is 0 Å². The number of carbonyl (C=O) groups is 1. The van der Waals surface area contributed by atoms with Gasteiger partial charge in [-0.2, -0.15) is 0 Å². The van der Waals surface area contributed by atoms with Crippen LogP contribution in [0.2, 0.25) is 0 Å². The summed E-state index contributed by atoms with van der Waals surface area (Å²) in [5, 5.41) is 0. The van der Waals surface area contributed by atoms with Gasteiger partial charge in [0.15, 0.2) is 5.75 Å². The molecule has 1 aliphatic carbocycles. The summed E-state index contributed by atoms with van der Waals surface area (Å²) in [6, 6.07) is -0.674. The van der Waals surface area contributed by atoms with Gasteiger partial charge in [0, 0.05) is 18.6 Å². The molecule has 0 spiro atoms. The van der Waals surface area contributed by atoms with Gasteiger partial charge in [-0.3, -0.25) is 4.79 Å². The Kier molecular flexibility index (Phi) is 3.39. The van der Waals surface area contributed by atoms with Gasteiger partial charge in [0.05, 0.1) is 19.3 Å². The molecule has 98 valence electrons. The Hall–Kier alpha value is -0.700. The van der Waals surface area contributed by atoms with Crippen LogP contribution in [0.4, 0.5) is 0 Å². The molecule has 1 saturated heterocycles. The third-order valence-electron chi connectivity index (χ3n) is 3.30. The van der Waals surface area contributed by atoms with Crippen LogP contribution in [-0.4, -0.2) is 52.0 Å². The molecule has 1 heterocycles. The molecule has 1 aliphatic heterocycles. The molecule has 2 rings (SSSR count). The second-order valence-electron chi connectivity index (χ2n) is 4.34. The number of rotatable bonds is 4. The normalized spacial score (nSPS) is 36.1. The van der Waals surface area contributed by atoms with E-state index in [1.807, 2.05) is 0 Å². The first-order chi connectivity index (χ1) is 7.94. The highest BCUT2D eigenvalue weighted by molar-refractivity contribution is 7.90. The second kappa shape index (κ2) is 4.52. The molecule has 2 fully saturated rings. The molecule has 4 atom stereocenters. The van der Waals surface area contributed by atoms with E-state index in [-0.39, 0.29) is 18.1 Å². The number of ether oxygens (including phenoxy) is 2. The number of sulfonamides is 1. The van der Waals surface area contributed by atoms with Crippen molar-refractivity contribution in [3.8, 4) is 0 Å². The van der Waals surface area contributed by atoms with Crippen molar-refractivity contribution in [2.24, 2.45) is 11.7 Å². The van der Waals surface area contributed by atoms with Crippen molar-refractivity contribution in [3.05, 3.63) is 0 Å². The van der Waals surface area contributed by atoms with Crippen molar-refractivity contribution < 1.29 is 22.7 Å². The van der Waals surface area contributed by atoms with Crippen LogP contribution >= 0.6 is 0 Å². The molecular formula is C9H16N2O5S. The van der Waals surface area contributed by atoms with Gasteiger partial charge < -0.3 is 15.2 Å². The summed E-state index contributed by atoms with van der Waals surface area (Å²) in [5.74, 6) is -1.26. The van der Waals surface area contributed by atoms with Gasteiger partial charge in [0.1, 0.15) is 0 Å². The molecule has 0 amide bonds. The van der Waals surface area contributed by atoms with Crippen molar-refractivity contribution in [2.75, 3.05) is 19.5 Å². The first kappa shape index (κ1) is 12.7.